The van der Waals surface area contributed by atoms with Crippen molar-refractivity contribution in [2.45, 2.75) is 13.0 Å². The molecule has 1 aliphatic heterocycles. The third-order valence-electron chi connectivity index (χ3n) is 4.03. The van der Waals surface area contributed by atoms with Crippen LogP contribution in [0.2, 0.25) is 0 Å². The predicted molar refractivity (Wildman–Crippen MR) is 100 cm³/mol. The van der Waals surface area contributed by atoms with Crippen LogP contribution >= 0.6 is 0 Å². The molecule has 0 radical (unpaired) electrons. The summed E-state index contributed by atoms with van der Waals surface area (Å²) in [5.74, 6) is 0.493. The molecule has 0 aliphatic carbocycles. The lowest BCUT2D eigenvalue weighted by Crippen LogP contribution is -2.37. The summed E-state index contributed by atoms with van der Waals surface area (Å²) in [7, 11) is 1.59. The fourth-order valence-electron chi connectivity index (χ4n) is 2.88. The molecule has 2 aromatic rings. The molecule has 2 aromatic carbocycles. The summed E-state index contributed by atoms with van der Waals surface area (Å²) in [6.45, 7) is 2.05. The molecular weight excluding hydrogens is 330 g/mol. The molecule has 134 valence electrons. The summed E-state index contributed by atoms with van der Waals surface area (Å²) >= 11 is 0. The first-order valence-corrected chi connectivity index (χ1v) is 8.35. The van der Waals surface area contributed by atoms with E-state index in [1.165, 1.54) is 0 Å². The van der Waals surface area contributed by atoms with Gasteiger partial charge in [0.25, 0.3) is 0 Å². The highest BCUT2D eigenvalue weighted by atomic mass is 16.5. The predicted octanol–water partition coefficient (Wildman–Crippen LogP) is 2.63. The van der Waals surface area contributed by atoms with Gasteiger partial charge in [-0.2, -0.15) is 0 Å². The van der Waals surface area contributed by atoms with E-state index in [2.05, 4.69) is 10.3 Å². The molecule has 3 rings (SSSR count). The number of guanidine groups is 1. The van der Waals surface area contributed by atoms with Gasteiger partial charge >= 0.3 is 5.97 Å². The van der Waals surface area contributed by atoms with E-state index in [0.29, 0.717) is 17.0 Å². The van der Waals surface area contributed by atoms with E-state index in [1.54, 1.807) is 14.0 Å². The van der Waals surface area contributed by atoms with E-state index in [0.717, 1.165) is 11.1 Å². The van der Waals surface area contributed by atoms with Crippen LogP contribution in [-0.2, 0) is 9.53 Å². The fourth-order valence-corrected chi connectivity index (χ4v) is 2.88. The average molecular weight is 351 g/mol. The Labute approximate surface area is 152 Å². The Balaban J connectivity index is 2.17. The van der Waals surface area contributed by atoms with Crippen LogP contribution in [0.1, 0.15) is 24.1 Å². The Morgan fingerprint density at radius 2 is 1.96 bits per heavy atom. The second kappa shape index (κ2) is 7.74. The summed E-state index contributed by atoms with van der Waals surface area (Å²) in [6, 6.07) is 16.4. The van der Waals surface area contributed by atoms with Gasteiger partial charge in [0.15, 0.2) is 5.96 Å². The Hall–Kier alpha value is -3.28. The molecule has 0 aromatic heterocycles. The molecule has 0 bridgehead atoms. The molecule has 1 atom stereocenters. The van der Waals surface area contributed by atoms with E-state index in [1.807, 2.05) is 54.6 Å². The molecule has 1 aliphatic rings. The number of ether oxygens (including phenoxy) is 2. The third-order valence-corrected chi connectivity index (χ3v) is 4.03. The van der Waals surface area contributed by atoms with Crippen LogP contribution in [0, 0.1) is 0 Å². The molecular formula is C20H21N3O3. The van der Waals surface area contributed by atoms with Crippen molar-refractivity contribution < 1.29 is 14.3 Å². The molecule has 0 amide bonds. The summed E-state index contributed by atoms with van der Waals surface area (Å²) in [4.78, 5) is 17.2. The number of hydrogen-bond donors (Lipinski definition) is 2. The molecule has 6 nitrogen and oxygen atoms in total. The van der Waals surface area contributed by atoms with Gasteiger partial charge in [0.05, 0.1) is 25.0 Å². The number of aliphatic imine (C=N–C) groups is 1. The summed E-state index contributed by atoms with van der Waals surface area (Å²) < 4.78 is 10.6. The van der Waals surface area contributed by atoms with Crippen molar-refractivity contribution in [3.8, 4) is 5.75 Å². The molecule has 1 unspecified atom stereocenters. The summed E-state index contributed by atoms with van der Waals surface area (Å²) in [5, 5.41) is 3.03. The molecule has 0 fully saturated rings. The zero-order valence-electron chi connectivity index (χ0n) is 14.7. The van der Waals surface area contributed by atoms with Gasteiger partial charge in [-0.15, -0.1) is 0 Å². The number of carbonyl (C=O) groups excluding carboxylic acids is 1. The van der Waals surface area contributed by atoms with Crippen molar-refractivity contribution in [1.29, 1.82) is 0 Å². The maximum Gasteiger partial charge on any atom is 0.338 e. The van der Waals surface area contributed by atoms with Gasteiger partial charge in [-0.1, -0.05) is 42.5 Å². The number of hydrogen-bond acceptors (Lipinski definition) is 6. The maximum absolute atomic E-state index is 12.8. The Morgan fingerprint density at radius 3 is 2.65 bits per heavy atom. The second-order valence-corrected chi connectivity index (χ2v) is 5.69. The maximum atomic E-state index is 12.8. The number of nitrogens with zero attached hydrogens (tertiary/aromatic N) is 1. The topological polar surface area (TPSA) is 85.9 Å². The van der Waals surface area contributed by atoms with Crippen molar-refractivity contribution in [2.24, 2.45) is 10.7 Å². The fraction of sp³-hybridized carbons (Fsp3) is 0.200. The van der Waals surface area contributed by atoms with E-state index in [4.69, 9.17) is 15.2 Å². The van der Waals surface area contributed by atoms with Gasteiger partial charge in [0, 0.05) is 0 Å². The standard InChI is InChI=1S/C20H21N3O3/c1-3-26-19(24)16-17(13-8-5-4-6-9-13)22-20(21)23-18(16)14-10-7-11-15(12-14)25-2/h4-12,18H,3H2,1-2H3,(H3,21,22,23). The van der Waals surface area contributed by atoms with Crippen molar-refractivity contribution in [1.82, 2.24) is 5.32 Å². The van der Waals surface area contributed by atoms with Crippen molar-refractivity contribution >= 4 is 17.6 Å². The van der Waals surface area contributed by atoms with Gasteiger partial charge in [0.1, 0.15) is 11.8 Å². The zero-order valence-corrected chi connectivity index (χ0v) is 14.7. The van der Waals surface area contributed by atoms with Crippen LogP contribution in [0.3, 0.4) is 0 Å². The minimum Gasteiger partial charge on any atom is -0.497 e. The number of rotatable bonds is 5. The lowest BCUT2D eigenvalue weighted by Gasteiger charge is -2.26. The average Bonchev–Trinajstić information content (AvgIpc) is 2.68. The lowest BCUT2D eigenvalue weighted by molar-refractivity contribution is -0.138. The molecule has 6 heteroatoms. The number of carbonyl (C=O) groups is 1. The van der Waals surface area contributed by atoms with Crippen LogP contribution in [0.15, 0.2) is 65.2 Å². The first kappa shape index (κ1) is 17.5. The summed E-state index contributed by atoms with van der Waals surface area (Å²) in [5.41, 5.74) is 8.67. The van der Waals surface area contributed by atoms with E-state index >= 15 is 0 Å². The van der Waals surface area contributed by atoms with Crippen molar-refractivity contribution in [2.75, 3.05) is 13.7 Å². The van der Waals surface area contributed by atoms with Crippen LogP contribution in [0.5, 0.6) is 5.75 Å². The molecule has 0 saturated carbocycles. The first-order chi connectivity index (χ1) is 12.6. The van der Waals surface area contributed by atoms with Crippen LogP contribution in [0.25, 0.3) is 5.70 Å². The zero-order chi connectivity index (χ0) is 18.5. The highest BCUT2D eigenvalue weighted by Gasteiger charge is 2.32. The Kier molecular flexibility index (Phi) is 5.22. The lowest BCUT2D eigenvalue weighted by atomic mass is 9.93. The van der Waals surface area contributed by atoms with E-state index in [9.17, 15) is 4.79 Å². The molecule has 0 spiro atoms. The van der Waals surface area contributed by atoms with E-state index in [-0.39, 0.29) is 12.6 Å². The van der Waals surface area contributed by atoms with Crippen molar-refractivity contribution in [3.63, 3.8) is 0 Å². The van der Waals surface area contributed by atoms with Gasteiger partial charge in [0.2, 0.25) is 0 Å². The second-order valence-electron chi connectivity index (χ2n) is 5.69. The molecule has 1 heterocycles. The van der Waals surface area contributed by atoms with Crippen LogP contribution < -0.4 is 15.8 Å². The van der Waals surface area contributed by atoms with E-state index < -0.39 is 12.0 Å². The number of methoxy groups -OCH3 is 1. The van der Waals surface area contributed by atoms with Crippen molar-refractivity contribution in [3.05, 3.63) is 71.3 Å². The monoisotopic (exact) mass is 351 g/mol. The Bertz CT molecular complexity index is 860. The first-order valence-electron chi connectivity index (χ1n) is 8.35. The minimum atomic E-state index is -0.583. The number of nitrogens with two attached hydrogens (primary N) is 1. The SMILES string of the molecule is CCOC(=O)C1=C(c2ccccc2)NC(N)=NC1c1cccc(OC)c1. The van der Waals surface area contributed by atoms with Gasteiger partial charge in [-0.25, -0.2) is 9.79 Å². The van der Waals surface area contributed by atoms with Crippen LogP contribution in [0.4, 0.5) is 0 Å². The Morgan fingerprint density at radius 1 is 1.19 bits per heavy atom. The third kappa shape index (κ3) is 3.54. The smallest absolute Gasteiger partial charge is 0.338 e. The number of benzene rings is 2. The minimum absolute atomic E-state index is 0.240. The molecule has 0 saturated heterocycles. The highest BCUT2D eigenvalue weighted by molar-refractivity contribution is 6.04. The largest absolute Gasteiger partial charge is 0.497 e. The highest BCUT2D eigenvalue weighted by Crippen LogP contribution is 2.35. The summed E-state index contributed by atoms with van der Waals surface area (Å²) in [6.07, 6.45) is 0. The number of nitrogens with one attached hydrogen (secondary N) is 1. The van der Waals surface area contributed by atoms with Gasteiger partial charge in [-0.3, -0.25) is 0 Å². The molecule has 3 N–H and O–H groups in total. The van der Waals surface area contributed by atoms with Gasteiger partial charge < -0.3 is 20.5 Å². The molecule has 26 heavy (non-hydrogen) atoms. The number of esters is 1. The van der Waals surface area contributed by atoms with Gasteiger partial charge in [-0.05, 0) is 30.2 Å². The quantitative estimate of drug-likeness (QED) is 0.809. The van der Waals surface area contributed by atoms with Crippen LogP contribution in [-0.4, -0.2) is 25.6 Å². The normalized spacial score (nSPS) is 16.5.